The van der Waals surface area contributed by atoms with Crippen LogP contribution in [0.5, 0.6) is 0 Å². The zero-order chi connectivity index (χ0) is 27.4. The maximum atomic E-state index is 13.1. The lowest BCUT2D eigenvalue weighted by Gasteiger charge is -2.16. The Labute approximate surface area is 243 Å². The number of halogens is 4. The van der Waals surface area contributed by atoms with Gasteiger partial charge in [-0.1, -0.05) is 76.7 Å². The van der Waals surface area contributed by atoms with Crippen LogP contribution in [0.15, 0.2) is 79.1 Å². The van der Waals surface area contributed by atoms with Gasteiger partial charge >= 0.3 is 0 Å². The maximum absolute atomic E-state index is 13.1. The predicted molar refractivity (Wildman–Crippen MR) is 153 cm³/mol. The molecule has 39 heavy (non-hydrogen) atoms. The molecular weight excluding hydrogens is 580 g/mol. The summed E-state index contributed by atoms with van der Waals surface area (Å²) in [6.45, 7) is 0. The van der Waals surface area contributed by atoms with Crippen LogP contribution in [0.1, 0.15) is 23.0 Å². The largest absolute Gasteiger partial charge is 0.342 e. The maximum Gasteiger partial charge on any atom is 0.244 e. The topological polar surface area (TPSA) is 101 Å². The number of carbonyl (C=O) groups excluding carboxylic acids is 1. The Morgan fingerprint density at radius 1 is 1.00 bits per heavy atom. The number of imidazole rings is 1. The van der Waals surface area contributed by atoms with E-state index in [9.17, 15) is 4.79 Å². The number of amides is 1. The number of nitrogens with one attached hydrogen (secondary N) is 2. The lowest BCUT2D eigenvalue weighted by Crippen LogP contribution is -2.29. The average Bonchev–Trinajstić information content (AvgIpc) is 3.58. The lowest BCUT2D eigenvalue weighted by atomic mass is 10.1. The smallest absolute Gasteiger partial charge is 0.244 e. The lowest BCUT2D eigenvalue weighted by molar-refractivity contribution is -0.117. The van der Waals surface area contributed by atoms with Crippen molar-refractivity contribution in [2.24, 2.45) is 0 Å². The minimum Gasteiger partial charge on any atom is -0.342 e. The van der Waals surface area contributed by atoms with Gasteiger partial charge in [0.1, 0.15) is 23.0 Å². The number of tetrazole rings is 1. The summed E-state index contributed by atoms with van der Waals surface area (Å²) in [5.41, 5.74) is 3.40. The van der Waals surface area contributed by atoms with Crippen molar-refractivity contribution in [1.82, 2.24) is 35.5 Å². The van der Waals surface area contributed by atoms with Gasteiger partial charge in [0, 0.05) is 27.2 Å². The van der Waals surface area contributed by atoms with Crippen LogP contribution in [-0.4, -0.2) is 36.1 Å². The molecule has 8 nitrogen and oxygen atoms in total. The van der Waals surface area contributed by atoms with E-state index in [0.717, 1.165) is 5.56 Å². The molecule has 2 heterocycles. The molecule has 0 bridgehead atoms. The Kier molecular flexibility index (Phi) is 8.28. The van der Waals surface area contributed by atoms with Crippen molar-refractivity contribution >= 4 is 58.4 Å². The van der Waals surface area contributed by atoms with Crippen molar-refractivity contribution in [2.75, 3.05) is 0 Å². The molecule has 12 heteroatoms. The monoisotopic (exact) mass is 597 g/mol. The SMILES string of the molecule is O=C(C=Cc1cc(Cl)ccc1-n1cnnn1)N[C@@H](Cc1ccccc1)c1nc(-c2ccc(Cl)cc2Cl)c(Cl)[nH]1. The van der Waals surface area contributed by atoms with Gasteiger partial charge in [-0.3, -0.25) is 4.79 Å². The second-order valence-electron chi connectivity index (χ2n) is 8.45. The molecule has 5 aromatic rings. The third kappa shape index (κ3) is 6.49. The molecule has 0 unspecified atom stereocenters. The van der Waals surface area contributed by atoms with Crippen LogP contribution in [0.4, 0.5) is 0 Å². The number of carbonyl (C=O) groups is 1. The summed E-state index contributed by atoms with van der Waals surface area (Å²) in [5.74, 6) is 0.126. The van der Waals surface area contributed by atoms with Gasteiger partial charge in [0.2, 0.25) is 5.91 Å². The summed E-state index contributed by atoms with van der Waals surface area (Å²) in [4.78, 5) is 20.9. The van der Waals surface area contributed by atoms with Crippen LogP contribution in [-0.2, 0) is 11.2 Å². The molecule has 196 valence electrons. The van der Waals surface area contributed by atoms with Gasteiger partial charge in [-0.25, -0.2) is 4.98 Å². The van der Waals surface area contributed by atoms with E-state index in [2.05, 4.69) is 25.8 Å². The summed E-state index contributed by atoms with van der Waals surface area (Å²) in [6.07, 6.45) is 4.98. The van der Waals surface area contributed by atoms with Crippen LogP contribution in [0.25, 0.3) is 23.0 Å². The molecule has 2 aromatic heterocycles. The van der Waals surface area contributed by atoms with Crippen molar-refractivity contribution in [3.05, 3.63) is 116 Å². The molecule has 1 atom stereocenters. The van der Waals surface area contributed by atoms with Gasteiger partial charge in [-0.2, -0.15) is 4.68 Å². The molecule has 0 radical (unpaired) electrons. The second kappa shape index (κ2) is 12.0. The van der Waals surface area contributed by atoms with E-state index in [4.69, 9.17) is 51.4 Å². The highest BCUT2D eigenvalue weighted by atomic mass is 35.5. The second-order valence-corrected chi connectivity index (χ2v) is 10.1. The first-order valence-electron chi connectivity index (χ1n) is 11.6. The van der Waals surface area contributed by atoms with Crippen molar-refractivity contribution in [3.63, 3.8) is 0 Å². The Morgan fingerprint density at radius 3 is 2.51 bits per heavy atom. The van der Waals surface area contributed by atoms with E-state index < -0.39 is 6.04 Å². The Hall–Kier alpha value is -3.69. The highest BCUT2D eigenvalue weighted by Gasteiger charge is 2.22. The first-order valence-corrected chi connectivity index (χ1v) is 13.1. The highest BCUT2D eigenvalue weighted by Crippen LogP contribution is 2.34. The zero-order valence-corrected chi connectivity index (χ0v) is 23.0. The average molecular weight is 599 g/mol. The number of hydrogen-bond donors (Lipinski definition) is 2. The Morgan fingerprint density at radius 2 is 1.77 bits per heavy atom. The summed E-state index contributed by atoms with van der Waals surface area (Å²) in [5, 5.41) is 16.0. The molecule has 5 rings (SSSR count). The van der Waals surface area contributed by atoms with E-state index in [1.54, 1.807) is 42.5 Å². The normalized spacial score (nSPS) is 12.1. The fourth-order valence-electron chi connectivity index (χ4n) is 3.98. The molecule has 2 N–H and O–H groups in total. The van der Waals surface area contributed by atoms with Crippen LogP contribution in [0, 0.1) is 0 Å². The third-order valence-corrected chi connectivity index (χ3v) is 6.85. The summed E-state index contributed by atoms with van der Waals surface area (Å²) >= 11 is 25.2. The number of aromatic amines is 1. The number of nitrogens with zero attached hydrogens (tertiary/aromatic N) is 5. The molecule has 0 aliphatic carbocycles. The molecule has 0 aliphatic heterocycles. The fourth-order valence-corrected chi connectivity index (χ4v) is 4.90. The highest BCUT2D eigenvalue weighted by molar-refractivity contribution is 6.37. The summed E-state index contributed by atoms with van der Waals surface area (Å²) in [6, 6.07) is 19.5. The van der Waals surface area contributed by atoms with Crippen molar-refractivity contribution in [2.45, 2.75) is 12.5 Å². The molecule has 0 fully saturated rings. The summed E-state index contributed by atoms with van der Waals surface area (Å²) < 4.78 is 1.49. The van der Waals surface area contributed by atoms with E-state index in [1.165, 1.54) is 17.1 Å². The Bertz CT molecular complexity index is 1640. The molecule has 3 aromatic carbocycles. The van der Waals surface area contributed by atoms with Crippen LogP contribution in [0.2, 0.25) is 20.2 Å². The zero-order valence-electron chi connectivity index (χ0n) is 20.0. The van der Waals surface area contributed by atoms with Gasteiger partial charge in [-0.15, -0.1) is 5.10 Å². The van der Waals surface area contributed by atoms with Gasteiger partial charge in [-0.05, 0) is 64.9 Å². The van der Waals surface area contributed by atoms with Crippen LogP contribution >= 0.6 is 46.4 Å². The third-order valence-electron chi connectivity index (χ3n) is 5.79. The molecule has 0 spiro atoms. The fraction of sp³-hybridized carbons (Fsp3) is 0.0741. The molecule has 0 aliphatic rings. The van der Waals surface area contributed by atoms with E-state index in [0.29, 0.717) is 55.0 Å². The molecule has 0 saturated heterocycles. The van der Waals surface area contributed by atoms with E-state index in [-0.39, 0.29) is 5.91 Å². The molecular formula is C27H19Cl4N7O. The van der Waals surface area contributed by atoms with Crippen molar-refractivity contribution < 1.29 is 4.79 Å². The van der Waals surface area contributed by atoms with Gasteiger partial charge < -0.3 is 10.3 Å². The standard InChI is InChI=1S/C27H19Cl4N7O/c28-18-8-10-23(38-15-32-36-37-38)17(13-18)6-11-24(39)33-22(12-16-4-2-1-3-5-16)27-34-25(26(31)35-27)20-9-7-19(29)14-21(20)30/h1-11,13-15,22H,12H2,(H,33,39)(H,34,35)/t22-/m0/s1. The van der Waals surface area contributed by atoms with Gasteiger partial charge in [0.15, 0.2) is 0 Å². The molecule has 1 amide bonds. The number of rotatable bonds is 8. The Balaban J connectivity index is 1.43. The van der Waals surface area contributed by atoms with E-state index >= 15 is 0 Å². The summed E-state index contributed by atoms with van der Waals surface area (Å²) in [7, 11) is 0. The van der Waals surface area contributed by atoms with Crippen molar-refractivity contribution in [1.29, 1.82) is 0 Å². The first kappa shape index (κ1) is 26.9. The number of hydrogen-bond acceptors (Lipinski definition) is 5. The van der Waals surface area contributed by atoms with Gasteiger partial charge in [0.05, 0.1) is 16.8 Å². The minimum absolute atomic E-state index is 0.294. The van der Waals surface area contributed by atoms with Gasteiger partial charge in [0.25, 0.3) is 0 Å². The van der Waals surface area contributed by atoms with Crippen LogP contribution in [0.3, 0.4) is 0 Å². The first-order chi connectivity index (χ1) is 18.9. The predicted octanol–water partition coefficient (Wildman–Crippen LogP) is 6.78. The van der Waals surface area contributed by atoms with Crippen LogP contribution < -0.4 is 5.32 Å². The number of benzene rings is 3. The quantitative estimate of drug-likeness (QED) is 0.192. The number of aromatic nitrogens is 6. The minimum atomic E-state index is -0.528. The number of H-pyrrole nitrogens is 1. The van der Waals surface area contributed by atoms with Crippen molar-refractivity contribution in [3.8, 4) is 16.9 Å². The van der Waals surface area contributed by atoms with E-state index in [1.807, 2.05) is 30.3 Å². The molecule has 0 saturated carbocycles.